The maximum Gasteiger partial charge on any atom is 0.338 e. The molecule has 0 aliphatic carbocycles. The molecule has 0 amide bonds. The molecule has 26 heavy (non-hydrogen) atoms. The summed E-state index contributed by atoms with van der Waals surface area (Å²) < 4.78 is 17.7. The van der Waals surface area contributed by atoms with Crippen LogP contribution >= 0.6 is 0 Å². The summed E-state index contributed by atoms with van der Waals surface area (Å²) in [5.41, 5.74) is 2.19. The van der Waals surface area contributed by atoms with Crippen molar-refractivity contribution in [1.82, 2.24) is 0 Å². The molecule has 3 aromatic rings. The Balaban J connectivity index is 1.79. The SMILES string of the molecule is CCOC(=O)c1ccc2c(c1)OC(c1ccccc1)(c1ccccc1)O2. The zero-order valence-electron chi connectivity index (χ0n) is 14.3. The van der Waals surface area contributed by atoms with Crippen molar-refractivity contribution in [2.45, 2.75) is 12.7 Å². The van der Waals surface area contributed by atoms with E-state index in [4.69, 9.17) is 14.2 Å². The van der Waals surface area contributed by atoms with Crippen molar-refractivity contribution in [2.75, 3.05) is 6.61 Å². The Hall–Kier alpha value is -3.27. The lowest BCUT2D eigenvalue weighted by Gasteiger charge is -2.28. The fraction of sp³-hybridized carbons (Fsp3) is 0.136. The Labute approximate surface area is 152 Å². The summed E-state index contributed by atoms with van der Waals surface area (Å²) in [6.07, 6.45) is 0. The van der Waals surface area contributed by atoms with Crippen LogP contribution < -0.4 is 9.47 Å². The first-order valence-electron chi connectivity index (χ1n) is 8.53. The molecule has 4 rings (SSSR count). The molecule has 0 spiro atoms. The number of esters is 1. The van der Waals surface area contributed by atoms with E-state index in [0.29, 0.717) is 23.7 Å². The molecule has 4 heteroatoms. The van der Waals surface area contributed by atoms with Gasteiger partial charge in [-0.05, 0) is 25.1 Å². The summed E-state index contributed by atoms with van der Waals surface area (Å²) in [6, 6.07) is 24.6. The second-order valence-corrected chi connectivity index (χ2v) is 5.93. The van der Waals surface area contributed by atoms with Crippen molar-refractivity contribution in [3.8, 4) is 11.5 Å². The first-order chi connectivity index (χ1) is 12.7. The van der Waals surface area contributed by atoms with Crippen molar-refractivity contribution >= 4 is 5.97 Å². The minimum Gasteiger partial charge on any atom is -0.462 e. The van der Waals surface area contributed by atoms with Crippen LogP contribution in [-0.2, 0) is 10.5 Å². The highest BCUT2D eigenvalue weighted by Gasteiger charge is 2.45. The maximum atomic E-state index is 12.0. The van der Waals surface area contributed by atoms with Gasteiger partial charge in [0.05, 0.1) is 12.2 Å². The quantitative estimate of drug-likeness (QED) is 0.651. The number of rotatable bonds is 4. The third-order valence-corrected chi connectivity index (χ3v) is 4.27. The average Bonchev–Trinajstić information content (AvgIpc) is 3.09. The molecule has 0 N–H and O–H groups in total. The van der Waals surface area contributed by atoms with Gasteiger partial charge >= 0.3 is 11.8 Å². The van der Waals surface area contributed by atoms with Gasteiger partial charge in [-0.15, -0.1) is 0 Å². The molecule has 0 aromatic heterocycles. The molecule has 0 saturated carbocycles. The second-order valence-electron chi connectivity index (χ2n) is 5.93. The minimum absolute atomic E-state index is 0.325. The summed E-state index contributed by atoms with van der Waals surface area (Å²) >= 11 is 0. The van der Waals surface area contributed by atoms with Gasteiger partial charge in [-0.1, -0.05) is 60.7 Å². The van der Waals surface area contributed by atoms with E-state index in [1.165, 1.54) is 0 Å². The average molecular weight is 346 g/mol. The summed E-state index contributed by atoms with van der Waals surface area (Å²) in [5.74, 6) is -0.358. The van der Waals surface area contributed by atoms with Gasteiger partial charge in [-0.25, -0.2) is 4.79 Å². The van der Waals surface area contributed by atoms with Gasteiger partial charge in [-0.3, -0.25) is 0 Å². The monoisotopic (exact) mass is 346 g/mol. The Morgan fingerprint density at radius 2 is 1.42 bits per heavy atom. The van der Waals surface area contributed by atoms with E-state index in [9.17, 15) is 4.79 Å². The topological polar surface area (TPSA) is 44.8 Å². The van der Waals surface area contributed by atoms with Crippen LogP contribution in [0.25, 0.3) is 0 Å². The Kier molecular flexibility index (Phi) is 4.09. The van der Waals surface area contributed by atoms with Crippen molar-refractivity contribution in [3.63, 3.8) is 0 Å². The van der Waals surface area contributed by atoms with Crippen LogP contribution in [0, 0.1) is 0 Å². The van der Waals surface area contributed by atoms with E-state index >= 15 is 0 Å². The third kappa shape index (κ3) is 2.69. The van der Waals surface area contributed by atoms with Gasteiger partial charge in [0.1, 0.15) is 0 Å². The number of carbonyl (C=O) groups excluding carboxylic acids is 1. The number of hydrogen-bond donors (Lipinski definition) is 0. The zero-order chi connectivity index (χ0) is 18.0. The third-order valence-electron chi connectivity index (χ3n) is 4.27. The molecule has 0 atom stereocenters. The fourth-order valence-electron chi connectivity index (χ4n) is 3.06. The molecule has 130 valence electrons. The van der Waals surface area contributed by atoms with Gasteiger partial charge in [0.15, 0.2) is 11.5 Å². The largest absolute Gasteiger partial charge is 0.462 e. The van der Waals surface area contributed by atoms with E-state index in [0.717, 1.165) is 11.1 Å². The standard InChI is InChI=1S/C22H18O4/c1-2-24-21(23)16-13-14-19-20(15-16)26-22(25-19,17-9-5-3-6-10-17)18-11-7-4-8-12-18/h3-15H,2H2,1H3. The first kappa shape index (κ1) is 16.2. The van der Waals surface area contributed by atoms with E-state index in [-0.39, 0.29) is 5.97 Å². The molecule has 0 bridgehead atoms. The molecule has 0 radical (unpaired) electrons. The van der Waals surface area contributed by atoms with Gasteiger partial charge in [0.2, 0.25) is 0 Å². The number of hydrogen-bond acceptors (Lipinski definition) is 4. The Morgan fingerprint density at radius 1 is 0.846 bits per heavy atom. The molecule has 4 nitrogen and oxygen atoms in total. The van der Waals surface area contributed by atoms with Crippen molar-refractivity contribution in [3.05, 3.63) is 95.6 Å². The molecule has 0 unspecified atom stereocenters. The lowest BCUT2D eigenvalue weighted by Crippen LogP contribution is -2.36. The Bertz CT molecular complexity index is 880. The van der Waals surface area contributed by atoms with Crippen molar-refractivity contribution < 1.29 is 19.0 Å². The van der Waals surface area contributed by atoms with Crippen LogP contribution in [0.15, 0.2) is 78.9 Å². The highest BCUT2D eigenvalue weighted by Crippen LogP contribution is 2.47. The highest BCUT2D eigenvalue weighted by molar-refractivity contribution is 5.90. The summed E-state index contributed by atoms with van der Waals surface area (Å²) in [4.78, 5) is 12.0. The molecular weight excluding hydrogens is 328 g/mol. The number of benzene rings is 3. The summed E-state index contributed by atoms with van der Waals surface area (Å²) in [5, 5.41) is 0. The molecule has 1 aliphatic heterocycles. The second kappa shape index (κ2) is 6.56. The molecule has 1 heterocycles. The van der Waals surface area contributed by atoms with Gasteiger partial charge in [0, 0.05) is 11.1 Å². The van der Waals surface area contributed by atoms with Crippen molar-refractivity contribution in [2.24, 2.45) is 0 Å². The first-order valence-corrected chi connectivity index (χ1v) is 8.53. The van der Waals surface area contributed by atoms with Gasteiger partial charge < -0.3 is 14.2 Å². The zero-order valence-corrected chi connectivity index (χ0v) is 14.3. The summed E-state index contributed by atoms with van der Waals surface area (Å²) in [6.45, 7) is 2.10. The molecule has 0 fully saturated rings. The van der Waals surface area contributed by atoms with Crippen LogP contribution in [0.2, 0.25) is 0 Å². The maximum absolute atomic E-state index is 12.0. The van der Waals surface area contributed by atoms with Gasteiger partial charge in [0.25, 0.3) is 0 Å². The molecule has 3 aromatic carbocycles. The van der Waals surface area contributed by atoms with Crippen LogP contribution in [0.3, 0.4) is 0 Å². The molecule has 1 aliphatic rings. The van der Waals surface area contributed by atoms with Crippen LogP contribution in [0.4, 0.5) is 0 Å². The van der Waals surface area contributed by atoms with Crippen molar-refractivity contribution in [1.29, 1.82) is 0 Å². The van der Waals surface area contributed by atoms with Crippen LogP contribution in [0.5, 0.6) is 11.5 Å². The Morgan fingerprint density at radius 3 is 2.00 bits per heavy atom. The minimum atomic E-state index is -1.09. The normalized spacial score (nSPS) is 14.0. The van der Waals surface area contributed by atoms with Crippen LogP contribution in [-0.4, -0.2) is 12.6 Å². The van der Waals surface area contributed by atoms with E-state index < -0.39 is 5.79 Å². The predicted molar refractivity (Wildman–Crippen MR) is 97.3 cm³/mol. The summed E-state index contributed by atoms with van der Waals surface area (Å²) in [7, 11) is 0. The van der Waals surface area contributed by atoms with Crippen LogP contribution in [0.1, 0.15) is 28.4 Å². The number of ether oxygens (including phenoxy) is 3. The molecular formula is C22H18O4. The van der Waals surface area contributed by atoms with E-state index in [1.807, 2.05) is 60.7 Å². The van der Waals surface area contributed by atoms with E-state index in [2.05, 4.69) is 0 Å². The smallest absolute Gasteiger partial charge is 0.338 e. The van der Waals surface area contributed by atoms with Gasteiger partial charge in [-0.2, -0.15) is 0 Å². The molecule has 0 saturated heterocycles. The van der Waals surface area contributed by atoms with E-state index in [1.54, 1.807) is 25.1 Å². The lowest BCUT2D eigenvalue weighted by atomic mass is 9.97. The fourth-order valence-corrected chi connectivity index (χ4v) is 3.06. The lowest BCUT2D eigenvalue weighted by molar-refractivity contribution is -0.0459. The predicted octanol–water partition coefficient (Wildman–Crippen LogP) is 4.54. The highest BCUT2D eigenvalue weighted by atomic mass is 16.7. The number of fused-ring (bicyclic) bond motifs is 1. The number of carbonyl (C=O) groups is 1.